The molecular weight excluding hydrogens is 275 g/mol. The van der Waals surface area contributed by atoms with Crippen molar-refractivity contribution in [3.05, 3.63) is 66.5 Å². The summed E-state index contributed by atoms with van der Waals surface area (Å²) < 4.78 is 15.1. The van der Waals surface area contributed by atoms with E-state index < -0.39 is 0 Å². The molecule has 0 saturated heterocycles. The molecule has 1 atom stereocenters. The Labute approximate surface area is 130 Å². The van der Waals surface area contributed by atoms with Gasteiger partial charge in [0.1, 0.15) is 5.82 Å². The smallest absolute Gasteiger partial charge is 0.123 e. The van der Waals surface area contributed by atoms with Gasteiger partial charge >= 0.3 is 0 Å². The minimum Gasteiger partial charge on any atom is -0.240 e. The van der Waals surface area contributed by atoms with Crippen LogP contribution in [0.4, 0.5) is 4.39 Å². The van der Waals surface area contributed by atoms with Crippen molar-refractivity contribution in [2.24, 2.45) is 0 Å². The van der Waals surface area contributed by atoms with E-state index in [0.717, 1.165) is 29.6 Å². The Hall–Kier alpha value is -2.16. The van der Waals surface area contributed by atoms with Gasteiger partial charge in [-0.1, -0.05) is 19.9 Å². The zero-order chi connectivity index (χ0) is 15.5. The number of halogens is 1. The zero-order valence-corrected chi connectivity index (χ0v) is 13.0. The second-order valence-electron chi connectivity index (χ2n) is 5.55. The molecule has 0 bridgehead atoms. The Kier molecular flexibility index (Phi) is 4.23. The number of aromatic nitrogens is 2. The van der Waals surface area contributed by atoms with Crippen LogP contribution in [0.2, 0.25) is 0 Å². The number of hydrogen-bond acceptors (Lipinski definition) is 1. The standard InChI is InChI=1S/C19H20FN2/c1-3-7-14(4-2)18-17-8-5-6-13-22(17)21-19(18)15-9-11-16(20)12-10-15/h3,5-6,8-14H,4,7H2,1-2H3. The van der Waals surface area contributed by atoms with E-state index in [1.54, 1.807) is 0 Å². The van der Waals surface area contributed by atoms with Crippen molar-refractivity contribution < 1.29 is 4.39 Å². The van der Waals surface area contributed by atoms with Gasteiger partial charge in [-0.15, -0.1) is 0 Å². The van der Waals surface area contributed by atoms with Crippen LogP contribution in [0.5, 0.6) is 0 Å². The van der Waals surface area contributed by atoms with Crippen LogP contribution in [-0.4, -0.2) is 9.61 Å². The minimum atomic E-state index is -0.219. The highest BCUT2D eigenvalue weighted by molar-refractivity contribution is 5.73. The largest absolute Gasteiger partial charge is 0.240 e. The molecule has 3 rings (SSSR count). The summed E-state index contributed by atoms with van der Waals surface area (Å²) in [6.45, 7) is 4.29. The molecule has 0 aliphatic rings. The first-order valence-corrected chi connectivity index (χ1v) is 7.75. The predicted octanol–water partition coefficient (Wildman–Crippen LogP) is 5.25. The Morgan fingerprint density at radius 1 is 1.18 bits per heavy atom. The molecule has 0 spiro atoms. The normalized spacial score (nSPS) is 12.7. The first-order valence-electron chi connectivity index (χ1n) is 7.75. The van der Waals surface area contributed by atoms with Crippen LogP contribution < -0.4 is 0 Å². The average Bonchev–Trinajstić information content (AvgIpc) is 2.92. The van der Waals surface area contributed by atoms with Gasteiger partial charge < -0.3 is 0 Å². The number of pyridine rings is 1. The lowest BCUT2D eigenvalue weighted by atomic mass is 9.89. The number of nitrogens with zero attached hydrogens (tertiary/aromatic N) is 2. The molecule has 22 heavy (non-hydrogen) atoms. The third-order valence-electron chi connectivity index (χ3n) is 4.12. The molecule has 3 aromatic rings. The number of hydrogen-bond donors (Lipinski definition) is 0. The Morgan fingerprint density at radius 2 is 1.95 bits per heavy atom. The van der Waals surface area contributed by atoms with Gasteiger partial charge in [0.25, 0.3) is 0 Å². The summed E-state index contributed by atoms with van der Waals surface area (Å²) in [5.74, 6) is 0.202. The second-order valence-corrected chi connectivity index (χ2v) is 5.55. The molecule has 1 radical (unpaired) electrons. The fourth-order valence-electron chi connectivity index (χ4n) is 3.01. The molecule has 113 valence electrons. The number of fused-ring (bicyclic) bond motifs is 1. The molecule has 1 aromatic carbocycles. The van der Waals surface area contributed by atoms with Crippen LogP contribution in [0.3, 0.4) is 0 Å². The fraction of sp³-hybridized carbons (Fsp3) is 0.263. The lowest BCUT2D eigenvalue weighted by molar-refractivity contribution is 0.628. The molecule has 3 heteroatoms. The summed E-state index contributed by atoms with van der Waals surface area (Å²) in [7, 11) is 0. The van der Waals surface area contributed by atoms with Crippen molar-refractivity contribution in [3.8, 4) is 11.3 Å². The SMILES string of the molecule is C[CH]CC(CC)c1c(-c2ccc(F)cc2)nn2ccccc12. The molecule has 2 aromatic heterocycles. The lowest BCUT2D eigenvalue weighted by Gasteiger charge is -2.15. The zero-order valence-electron chi connectivity index (χ0n) is 13.0. The molecule has 0 N–H and O–H groups in total. The van der Waals surface area contributed by atoms with Crippen LogP contribution in [0, 0.1) is 12.2 Å². The Balaban J connectivity index is 2.22. The summed E-state index contributed by atoms with van der Waals surface area (Å²) in [6, 6.07) is 12.7. The molecule has 0 amide bonds. The third kappa shape index (κ3) is 2.63. The van der Waals surface area contributed by atoms with Crippen molar-refractivity contribution >= 4 is 5.52 Å². The molecule has 0 aliphatic carbocycles. The highest BCUT2D eigenvalue weighted by Gasteiger charge is 2.21. The predicted molar refractivity (Wildman–Crippen MR) is 88.2 cm³/mol. The molecule has 1 unspecified atom stereocenters. The summed E-state index contributed by atoms with van der Waals surface area (Å²) in [4.78, 5) is 0. The van der Waals surface area contributed by atoms with Crippen LogP contribution in [-0.2, 0) is 0 Å². The van der Waals surface area contributed by atoms with Crippen molar-refractivity contribution in [1.82, 2.24) is 9.61 Å². The Morgan fingerprint density at radius 3 is 2.64 bits per heavy atom. The summed E-state index contributed by atoms with van der Waals surface area (Å²) >= 11 is 0. The van der Waals surface area contributed by atoms with Crippen molar-refractivity contribution in [2.45, 2.75) is 32.6 Å². The molecule has 2 heterocycles. The van der Waals surface area contributed by atoms with Crippen LogP contribution >= 0.6 is 0 Å². The van der Waals surface area contributed by atoms with Crippen LogP contribution in [0.1, 0.15) is 38.2 Å². The van der Waals surface area contributed by atoms with E-state index in [0.29, 0.717) is 5.92 Å². The van der Waals surface area contributed by atoms with Crippen molar-refractivity contribution in [3.63, 3.8) is 0 Å². The van der Waals surface area contributed by atoms with E-state index in [1.165, 1.54) is 17.7 Å². The molecule has 0 saturated carbocycles. The van der Waals surface area contributed by atoms with Gasteiger partial charge in [0.2, 0.25) is 0 Å². The first-order chi connectivity index (χ1) is 10.7. The van der Waals surface area contributed by atoms with E-state index >= 15 is 0 Å². The molecule has 0 fully saturated rings. The average molecular weight is 295 g/mol. The Bertz CT molecular complexity index is 759. The molecule has 0 aliphatic heterocycles. The van der Waals surface area contributed by atoms with Gasteiger partial charge in [-0.3, -0.25) is 0 Å². The molecule has 2 nitrogen and oxygen atoms in total. The summed E-state index contributed by atoms with van der Waals surface area (Å²) in [5, 5.41) is 4.74. The van der Waals surface area contributed by atoms with E-state index in [2.05, 4.69) is 26.3 Å². The van der Waals surface area contributed by atoms with Gasteiger partial charge in [-0.05, 0) is 61.6 Å². The summed E-state index contributed by atoms with van der Waals surface area (Å²) in [5.41, 5.74) is 4.32. The van der Waals surface area contributed by atoms with Gasteiger partial charge in [0.05, 0.1) is 11.2 Å². The fourth-order valence-corrected chi connectivity index (χ4v) is 3.01. The van der Waals surface area contributed by atoms with Crippen molar-refractivity contribution in [2.75, 3.05) is 0 Å². The minimum absolute atomic E-state index is 0.219. The number of rotatable bonds is 5. The second kappa shape index (κ2) is 6.30. The highest BCUT2D eigenvalue weighted by atomic mass is 19.1. The van der Waals surface area contributed by atoms with E-state index in [-0.39, 0.29) is 5.82 Å². The van der Waals surface area contributed by atoms with Gasteiger partial charge in [0, 0.05) is 17.3 Å². The number of benzene rings is 1. The van der Waals surface area contributed by atoms with Gasteiger partial charge in [-0.25, -0.2) is 8.91 Å². The molecular formula is C19H20FN2. The van der Waals surface area contributed by atoms with Gasteiger partial charge in [-0.2, -0.15) is 5.10 Å². The van der Waals surface area contributed by atoms with E-state index in [4.69, 9.17) is 5.10 Å². The van der Waals surface area contributed by atoms with Gasteiger partial charge in [0.15, 0.2) is 0 Å². The maximum absolute atomic E-state index is 13.2. The van der Waals surface area contributed by atoms with Crippen LogP contribution in [0.25, 0.3) is 16.8 Å². The quantitative estimate of drug-likeness (QED) is 0.628. The van der Waals surface area contributed by atoms with E-state index in [9.17, 15) is 4.39 Å². The maximum atomic E-state index is 13.2. The summed E-state index contributed by atoms with van der Waals surface area (Å²) in [6.07, 6.45) is 6.24. The lowest BCUT2D eigenvalue weighted by Crippen LogP contribution is -1.99. The van der Waals surface area contributed by atoms with E-state index in [1.807, 2.05) is 35.0 Å². The monoisotopic (exact) mass is 295 g/mol. The van der Waals surface area contributed by atoms with Crippen molar-refractivity contribution in [1.29, 1.82) is 0 Å². The van der Waals surface area contributed by atoms with Crippen LogP contribution in [0.15, 0.2) is 48.7 Å². The third-order valence-corrected chi connectivity index (χ3v) is 4.12. The topological polar surface area (TPSA) is 17.3 Å². The maximum Gasteiger partial charge on any atom is 0.123 e. The first kappa shape index (κ1) is 14.8. The highest BCUT2D eigenvalue weighted by Crippen LogP contribution is 2.36.